The van der Waals surface area contributed by atoms with Crippen LogP contribution in [0.1, 0.15) is 16.8 Å². The molecule has 0 atom stereocenters. The maximum Gasteiger partial charge on any atom is 0.251 e. The number of benzene rings is 1. The molecule has 1 N–H and O–H groups in total. The van der Waals surface area contributed by atoms with Crippen LogP contribution in [0.3, 0.4) is 0 Å². The second kappa shape index (κ2) is 7.60. The smallest absolute Gasteiger partial charge is 0.251 e. The van der Waals surface area contributed by atoms with Gasteiger partial charge in [-0.3, -0.25) is 4.79 Å². The summed E-state index contributed by atoms with van der Waals surface area (Å²) in [4.78, 5) is 15.4. The SMILES string of the molecule is CSc1ccc(C(=O)NCCCN=[N+]=[N-])cc1. The standard InChI is InChI=1S/C11H14N4OS/c1-17-10-5-3-9(4-6-10)11(16)13-7-2-8-14-15-12/h3-6H,2,7-8H2,1H3,(H,13,16). The van der Waals surface area contributed by atoms with Crippen LogP contribution in [0, 0.1) is 0 Å². The first kappa shape index (κ1) is 13.4. The number of carbonyl (C=O) groups excluding carboxylic acids is 1. The van der Waals surface area contributed by atoms with Crippen molar-refractivity contribution >= 4 is 17.7 Å². The first-order valence-electron chi connectivity index (χ1n) is 5.21. The van der Waals surface area contributed by atoms with Crippen LogP contribution in [0.25, 0.3) is 10.4 Å². The number of nitrogens with one attached hydrogen (secondary N) is 1. The topological polar surface area (TPSA) is 77.9 Å². The molecule has 5 nitrogen and oxygen atoms in total. The van der Waals surface area contributed by atoms with E-state index in [-0.39, 0.29) is 5.91 Å². The van der Waals surface area contributed by atoms with Gasteiger partial charge in [0.2, 0.25) is 0 Å². The third-order valence-corrected chi connectivity index (χ3v) is 2.88. The van der Waals surface area contributed by atoms with Crippen LogP contribution in [-0.2, 0) is 0 Å². The second-order valence-corrected chi connectivity index (χ2v) is 4.17. The Labute approximate surface area is 104 Å². The highest BCUT2D eigenvalue weighted by molar-refractivity contribution is 7.98. The van der Waals surface area contributed by atoms with E-state index in [9.17, 15) is 4.79 Å². The molecule has 0 spiro atoms. The Bertz CT molecular complexity index is 412. The summed E-state index contributed by atoms with van der Waals surface area (Å²) in [6.07, 6.45) is 2.64. The summed E-state index contributed by atoms with van der Waals surface area (Å²) in [6.45, 7) is 0.921. The van der Waals surface area contributed by atoms with Gasteiger partial charge >= 0.3 is 0 Å². The quantitative estimate of drug-likeness (QED) is 0.277. The first-order chi connectivity index (χ1) is 8.27. The third-order valence-electron chi connectivity index (χ3n) is 2.14. The zero-order valence-corrected chi connectivity index (χ0v) is 10.4. The maximum absolute atomic E-state index is 11.7. The van der Waals surface area contributed by atoms with E-state index in [1.807, 2.05) is 18.4 Å². The van der Waals surface area contributed by atoms with E-state index in [0.29, 0.717) is 25.1 Å². The predicted molar refractivity (Wildman–Crippen MR) is 69.2 cm³/mol. The average molecular weight is 250 g/mol. The molecule has 1 rings (SSSR count). The van der Waals surface area contributed by atoms with Gasteiger partial charge in [-0.2, -0.15) is 0 Å². The molecule has 1 aromatic carbocycles. The van der Waals surface area contributed by atoms with E-state index in [1.165, 1.54) is 0 Å². The number of amides is 1. The average Bonchev–Trinajstić information content (AvgIpc) is 2.38. The van der Waals surface area contributed by atoms with E-state index in [0.717, 1.165) is 4.90 Å². The van der Waals surface area contributed by atoms with Gasteiger partial charge in [-0.25, -0.2) is 0 Å². The zero-order chi connectivity index (χ0) is 12.5. The van der Waals surface area contributed by atoms with Crippen molar-refractivity contribution in [1.82, 2.24) is 5.32 Å². The van der Waals surface area contributed by atoms with E-state index >= 15 is 0 Å². The lowest BCUT2D eigenvalue weighted by Crippen LogP contribution is -2.24. The highest BCUT2D eigenvalue weighted by Crippen LogP contribution is 2.14. The van der Waals surface area contributed by atoms with E-state index < -0.39 is 0 Å². The fraction of sp³-hybridized carbons (Fsp3) is 0.364. The number of thioether (sulfide) groups is 1. The lowest BCUT2D eigenvalue weighted by Gasteiger charge is -2.04. The van der Waals surface area contributed by atoms with Crippen LogP contribution in [0.2, 0.25) is 0 Å². The van der Waals surface area contributed by atoms with Gasteiger partial charge in [0, 0.05) is 28.5 Å². The van der Waals surface area contributed by atoms with Crippen LogP contribution in [0.4, 0.5) is 0 Å². The molecule has 0 aliphatic rings. The Morgan fingerprint density at radius 2 is 2.18 bits per heavy atom. The van der Waals surface area contributed by atoms with Crippen molar-refractivity contribution in [3.8, 4) is 0 Å². The van der Waals surface area contributed by atoms with Crippen molar-refractivity contribution in [3.05, 3.63) is 40.3 Å². The van der Waals surface area contributed by atoms with Gasteiger partial charge in [-0.1, -0.05) is 5.11 Å². The van der Waals surface area contributed by atoms with Crippen molar-refractivity contribution in [2.45, 2.75) is 11.3 Å². The summed E-state index contributed by atoms with van der Waals surface area (Å²) in [7, 11) is 0. The summed E-state index contributed by atoms with van der Waals surface area (Å²) < 4.78 is 0. The Morgan fingerprint density at radius 1 is 1.47 bits per heavy atom. The van der Waals surface area contributed by atoms with Crippen LogP contribution in [0.15, 0.2) is 34.3 Å². The lowest BCUT2D eigenvalue weighted by molar-refractivity contribution is 0.0953. The first-order valence-corrected chi connectivity index (χ1v) is 6.43. The van der Waals surface area contributed by atoms with Gasteiger partial charge in [0.1, 0.15) is 0 Å². The zero-order valence-electron chi connectivity index (χ0n) is 9.59. The third kappa shape index (κ3) is 4.80. The summed E-state index contributed by atoms with van der Waals surface area (Å²) in [5.74, 6) is -0.0985. The van der Waals surface area contributed by atoms with Crippen molar-refractivity contribution in [1.29, 1.82) is 0 Å². The highest BCUT2D eigenvalue weighted by atomic mass is 32.2. The molecule has 6 heteroatoms. The minimum absolute atomic E-state index is 0.0985. The van der Waals surface area contributed by atoms with Crippen molar-refractivity contribution in [3.63, 3.8) is 0 Å². The minimum atomic E-state index is -0.0985. The number of hydrogen-bond acceptors (Lipinski definition) is 3. The second-order valence-electron chi connectivity index (χ2n) is 3.29. The molecular formula is C11H14N4OS. The molecule has 1 amide bonds. The molecule has 0 heterocycles. The molecule has 90 valence electrons. The van der Waals surface area contributed by atoms with Crippen molar-refractivity contribution in [2.24, 2.45) is 5.11 Å². The number of carbonyl (C=O) groups is 1. The van der Waals surface area contributed by atoms with Crippen LogP contribution in [-0.4, -0.2) is 25.3 Å². The fourth-order valence-corrected chi connectivity index (χ4v) is 1.65. The largest absolute Gasteiger partial charge is 0.352 e. The van der Waals surface area contributed by atoms with E-state index in [2.05, 4.69) is 15.3 Å². The molecular weight excluding hydrogens is 236 g/mol. The Morgan fingerprint density at radius 3 is 2.76 bits per heavy atom. The molecule has 1 aromatic rings. The Hall–Kier alpha value is -1.65. The van der Waals surface area contributed by atoms with Gasteiger partial charge in [0.15, 0.2) is 0 Å². The van der Waals surface area contributed by atoms with Gasteiger partial charge < -0.3 is 5.32 Å². The molecule has 0 unspecified atom stereocenters. The summed E-state index contributed by atoms with van der Waals surface area (Å²) in [6, 6.07) is 7.43. The molecule has 0 aromatic heterocycles. The number of hydrogen-bond donors (Lipinski definition) is 1. The number of rotatable bonds is 6. The molecule has 0 aliphatic heterocycles. The predicted octanol–water partition coefficient (Wildman–Crippen LogP) is 2.84. The van der Waals surface area contributed by atoms with Gasteiger partial charge in [-0.05, 0) is 42.5 Å². The van der Waals surface area contributed by atoms with Gasteiger partial charge in [0.05, 0.1) is 0 Å². The lowest BCUT2D eigenvalue weighted by atomic mass is 10.2. The van der Waals surface area contributed by atoms with Crippen LogP contribution < -0.4 is 5.32 Å². The molecule has 0 bridgehead atoms. The van der Waals surface area contributed by atoms with Crippen molar-refractivity contribution < 1.29 is 4.79 Å². The van der Waals surface area contributed by atoms with Crippen LogP contribution in [0.5, 0.6) is 0 Å². The molecule has 0 fully saturated rings. The van der Waals surface area contributed by atoms with Gasteiger partial charge in [0.25, 0.3) is 5.91 Å². The summed E-state index contributed by atoms with van der Waals surface area (Å²) in [5.41, 5.74) is 8.72. The Balaban J connectivity index is 2.38. The van der Waals surface area contributed by atoms with E-state index in [4.69, 9.17) is 5.53 Å². The van der Waals surface area contributed by atoms with E-state index in [1.54, 1.807) is 23.9 Å². The molecule has 0 radical (unpaired) electrons. The fourth-order valence-electron chi connectivity index (χ4n) is 1.24. The highest BCUT2D eigenvalue weighted by Gasteiger charge is 2.03. The normalized spacial score (nSPS) is 9.47. The summed E-state index contributed by atoms with van der Waals surface area (Å²) in [5, 5.41) is 6.16. The van der Waals surface area contributed by atoms with Crippen LogP contribution >= 0.6 is 11.8 Å². The molecule has 0 saturated carbocycles. The maximum atomic E-state index is 11.7. The molecule has 17 heavy (non-hydrogen) atoms. The Kier molecular flexibility index (Phi) is 5.99. The number of nitrogens with zero attached hydrogens (tertiary/aromatic N) is 3. The summed E-state index contributed by atoms with van der Waals surface area (Å²) >= 11 is 1.64. The molecule has 0 saturated heterocycles. The van der Waals surface area contributed by atoms with Crippen molar-refractivity contribution in [2.75, 3.05) is 19.3 Å². The number of azide groups is 1. The minimum Gasteiger partial charge on any atom is -0.352 e. The van der Waals surface area contributed by atoms with Gasteiger partial charge in [-0.15, -0.1) is 11.8 Å². The molecule has 0 aliphatic carbocycles. The monoisotopic (exact) mass is 250 g/mol.